The maximum atomic E-state index is 12.2. The average Bonchev–Trinajstić information content (AvgIpc) is 2.80. The summed E-state index contributed by atoms with van der Waals surface area (Å²) in [5.41, 5.74) is 1.83. The first-order valence-electron chi connectivity index (χ1n) is 14.8. The van der Waals surface area contributed by atoms with Gasteiger partial charge < -0.3 is 10.2 Å². The van der Waals surface area contributed by atoms with E-state index in [9.17, 15) is 9.59 Å². The molecule has 2 aliphatic heterocycles. The summed E-state index contributed by atoms with van der Waals surface area (Å²) in [6.45, 7) is 30.8. The van der Waals surface area contributed by atoms with Crippen molar-refractivity contribution in [1.29, 1.82) is 0 Å². The zero-order chi connectivity index (χ0) is 29.1. The smallest absolute Gasteiger partial charge is 0.239 e. The summed E-state index contributed by atoms with van der Waals surface area (Å²) in [6, 6.07) is 10.1. The molecule has 6 heteroatoms. The maximum Gasteiger partial charge on any atom is 0.239 e. The van der Waals surface area contributed by atoms with Crippen LogP contribution in [0.1, 0.15) is 81.7 Å². The molecule has 218 valence electrons. The zero-order valence-corrected chi connectivity index (χ0v) is 26.4. The Labute approximate surface area is 234 Å². The van der Waals surface area contributed by atoms with Crippen molar-refractivity contribution in [1.82, 2.24) is 20.0 Å². The van der Waals surface area contributed by atoms with Crippen LogP contribution >= 0.6 is 0 Å². The summed E-state index contributed by atoms with van der Waals surface area (Å²) in [6.07, 6.45) is 0. The Kier molecular flexibility index (Phi) is 14.0. The van der Waals surface area contributed by atoms with Gasteiger partial charge in [-0.1, -0.05) is 99.6 Å². The molecule has 2 fully saturated rings. The van der Waals surface area contributed by atoms with Crippen molar-refractivity contribution in [3.05, 3.63) is 35.9 Å². The van der Waals surface area contributed by atoms with Crippen LogP contribution in [-0.4, -0.2) is 78.4 Å². The molecule has 2 aliphatic rings. The highest BCUT2D eigenvalue weighted by atomic mass is 16.2. The van der Waals surface area contributed by atoms with Crippen LogP contribution in [0, 0.1) is 22.7 Å². The standard InChI is InChI=1S/C16H24N2O.C14H28N2O.C2H6/c1-16(2,3)14-10-18(11-14)12-15(19)17-9-13-7-5-4-6-8-13;1-7-15(8-2)11(3)13(17)16-9-12(10-16)14(4,5)6;1-2/h4-8,14H,9-12H2,1-3H3,(H,17,19);11-12H,7-10H2,1-6H3;1-2H3. The Hall–Kier alpha value is -1.92. The number of nitrogens with zero attached hydrogens (tertiary/aromatic N) is 3. The molecule has 0 aromatic heterocycles. The van der Waals surface area contributed by atoms with Crippen molar-refractivity contribution in [3.63, 3.8) is 0 Å². The van der Waals surface area contributed by atoms with Gasteiger partial charge in [-0.2, -0.15) is 0 Å². The van der Waals surface area contributed by atoms with Crippen LogP contribution in [0.2, 0.25) is 0 Å². The molecular formula is C32H58N4O2. The van der Waals surface area contributed by atoms with E-state index in [1.807, 2.05) is 56.0 Å². The Bertz CT molecular complexity index is 812. The quantitative estimate of drug-likeness (QED) is 0.480. The van der Waals surface area contributed by atoms with Gasteiger partial charge in [0, 0.05) is 32.7 Å². The van der Waals surface area contributed by atoms with Gasteiger partial charge in [-0.3, -0.25) is 19.4 Å². The predicted molar refractivity (Wildman–Crippen MR) is 161 cm³/mol. The molecular weight excluding hydrogens is 472 g/mol. The Morgan fingerprint density at radius 1 is 0.895 bits per heavy atom. The van der Waals surface area contributed by atoms with Crippen LogP contribution in [0.5, 0.6) is 0 Å². The van der Waals surface area contributed by atoms with Crippen molar-refractivity contribution < 1.29 is 9.59 Å². The van der Waals surface area contributed by atoms with Gasteiger partial charge in [-0.25, -0.2) is 0 Å². The van der Waals surface area contributed by atoms with Gasteiger partial charge in [0.1, 0.15) is 0 Å². The first kappa shape index (κ1) is 34.1. The van der Waals surface area contributed by atoms with E-state index in [0.29, 0.717) is 35.7 Å². The van der Waals surface area contributed by atoms with E-state index in [1.54, 1.807) is 0 Å². The second-order valence-electron chi connectivity index (χ2n) is 12.7. The molecule has 6 nitrogen and oxygen atoms in total. The number of carbonyl (C=O) groups excluding carboxylic acids is 2. The van der Waals surface area contributed by atoms with E-state index in [0.717, 1.165) is 50.7 Å². The third kappa shape index (κ3) is 10.7. The van der Waals surface area contributed by atoms with Crippen LogP contribution in [0.25, 0.3) is 0 Å². The van der Waals surface area contributed by atoms with E-state index in [2.05, 4.69) is 70.5 Å². The van der Waals surface area contributed by atoms with E-state index in [-0.39, 0.29) is 11.9 Å². The summed E-state index contributed by atoms with van der Waals surface area (Å²) in [5, 5.41) is 2.97. The molecule has 1 atom stereocenters. The summed E-state index contributed by atoms with van der Waals surface area (Å²) in [7, 11) is 0. The fourth-order valence-corrected chi connectivity index (χ4v) is 4.70. The highest BCUT2D eigenvalue weighted by Crippen LogP contribution is 2.34. The number of hydrogen-bond donors (Lipinski definition) is 1. The minimum absolute atomic E-state index is 0.0333. The number of benzene rings is 1. The van der Waals surface area contributed by atoms with Gasteiger partial charge in [0.05, 0.1) is 12.6 Å². The van der Waals surface area contributed by atoms with Crippen molar-refractivity contribution in [3.8, 4) is 0 Å². The lowest BCUT2D eigenvalue weighted by atomic mass is 9.76. The molecule has 38 heavy (non-hydrogen) atoms. The first-order chi connectivity index (χ1) is 17.8. The summed E-state index contributed by atoms with van der Waals surface area (Å²) in [5.74, 6) is 1.80. The van der Waals surface area contributed by atoms with E-state index in [4.69, 9.17) is 0 Å². The lowest BCUT2D eigenvalue weighted by molar-refractivity contribution is -0.145. The van der Waals surface area contributed by atoms with Gasteiger partial charge in [-0.15, -0.1) is 0 Å². The van der Waals surface area contributed by atoms with Crippen LogP contribution in [-0.2, 0) is 16.1 Å². The van der Waals surface area contributed by atoms with Gasteiger partial charge in [-0.05, 0) is 48.2 Å². The fraction of sp³-hybridized carbons (Fsp3) is 0.750. The zero-order valence-electron chi connectivity index (χ0n) is 26.4. The van der Waals surface area contributed by atoms with Crippen LogP contribution in [0.4, 0.5) is 0 Å². The highest BCUT2D eigenvalue weighted by Gasteiger charge is 2.40. The van der Waals surface area contributed by atoms with Crippen LogP contribution < -0.4 is 5.32 Å². The average molecular weight is 531 g/mol. The topological polar surface area (TPSA) is 55.9 Å². The van der Waals surface area contributed by atoms with E-state index in [1.165, 1.54) is 0 Å². The van der Waals surface area contributed by atoms with Crippen LogP contribution in [0.3, 0.4) is 0 Å². The van der Waals surface area contributed by atoms with Gasteiger partial charge in [0.15, 0.2) is 0 Å². The van der Waals surface area contributed by atoms with Gasteiger partial charge in [0.2, 0.25) is 11.8 Å². The maximum absolute atomic E-state index is 12.2. The molecule has 3 rings (SSSR count). The third-order valence-electron chi connectivity index (χ3n) is 8.02. The summed E-state index contributed by atoms with van der Waals surface area (Å²) in [4.78, 5) is 30.5. The predicted octanol–water partition coefficient (Wildman–Crippen LogP) is 5.53. The van der Waals surface area contributed by atoms with Crippen molar-refractivity contribution in [2.24, 2.45) is 22.7 Å². The molecule has 2 saturated heterocycles. The molecule has 1 unspecified atom stereocenters. The van der Waals surface area contributed by atoms with Crippen LogP contribution in [0.15, 0.2) is 30.3 Å². The molecule has 1 N–H and O–H groups in total. The second kappa shape index (κ2) is 15.6. The lowest BCUT2D eigenvalue weighted by Gasteiger charge is -2.47. The number of hydrogen-bond acceptors (Lipinski definition) is 4. The fourth-order valence-electron chi connectivity index (χ4n) is 4.70. The number of likely N-dealkylation sites (tertiary alicyclic amines) is 2. The minimum Gasteiger partial charge on any atom is -0.351 e. The SMILES string of the molecule is CC.CC(C)(C)C1CN(CC(=O)NCc2ccccc2)C1.CCN(CC)C(C)C(=O)N1CC(C(C)(C)C)C1. The molecule has 0 aliphatic carbocycles. The molecule has 0 saturated carbocycles. The molecule has 0 spiro atoms. The number of likely N-dealkylation sites (N-methyl/N-ethyl adjacent to an activating group) is 1. The monoisotopic (exact) mass is 530 g/mol. The number of rotatable bonds is 8. The van der Waals surface area contributed by atoms with Crippen molar-refractivity contribution >= 4 is 11.8 Å². The molecule has 0 bridgehead atoms. The number of amides is 2. The Morgan fingerprint density at radius 2 is 1.37 bits per heavy atom. The minimum atomic E-state index is 0.0333. The third-order valence-corrected chi connectivity index (χ3v) is 8.02. The highest BCUT2D eigenvalue weighted by molar-refractivity contribution is 5.82. The first-order valence-corrected chi connectivity index (χ1v) is 14.8. The van der Waals surface area contributed by atoms with Crippen molar-refractivity contribution in [2.45, 2.75) is 88.7 Å². The second-order valence-corrected chi connectivity index (χ2v) is 12.7. The van der Waals surface area contributed by atoms with Gasteiger partial charge >= 0.3 is 0 Å². The lowest BCUT2D eigenvalue weighted by Crippen LogP contribution is -2.59. The van der Waals surface area contributed by atoms with Crippen molar-refractivity contribution in [2.75, 3.05) is 45.8 Å². The Balaban J connectivity index is 0.000000359. The molecule has 2 heterocycles. The molecule has 0 radical (unpaired) electrons. The normalized spacial score (nSPS) is 17.3. The molecule has 2 amide bonds. The molecule has 1 aromatic rings. The number of carbonyl (C=O) groups is 2. The van der Waals surface area contributed by atoms with E-state index < -0.39 is 0 Å². The number of nitrogens with one attached hydrogen (secondary N) is 1. The summed E-state index contributed by atoms with van der Waals surface area (Å²) < 4.78 is 0. The van der Waals surface area contributed by atoms with Gasteiger partial charge in [0.25, 0.3) is 0 Å². The largest absolute Gasteiger partial charge is 0.351 e. The summed E-state index contributed by atoms with van der Waals surface area (Å²) >= 11 is 0. The molecule has 1 aromatic carbocycles. The van der Waals surface area contributed by atoms with E-state index >= 15 is 0 Å². The Morgan fingerprint density at radius 3 is 1.82 bits per heavy atom.